The van der Waals surface area contributed by atoms with Crippen molar-refractivity contribution in [3.8, 4) is 0 Å². The third-order valence-electron chi connectivity index (χ3n) is 3.78. The maximum Gasteiger partial charge on any atom is 0.309 e. The van der Waals surface area contributed by atoms with Gasteiger partial charge in [-0.25, -0.2) is 4.68 Å². The Labute approximate surface area is 139 Å². The van der Waals surface area contributed by atoms with Gasteiger partial charge >= 0.3 is 5.97 Å². The number of hydrogen-bond donors (Lipinski definition) is 1. The van der Waals surface area contributed by atoms with Gasteiger partial charge in [0.15, 0.2) is 0 Å². The standard InChI is InChI=1S/C17H12N2O4S/c20-16(21)6-14-12-8-24-9-13(12)17(22)19(18-14)7-11-5-10-3-1-2-4-15(10)23-11/h1-5,8-9H,6-7H2,(H,20,21). The van der Waals surface area contributed by atoms with Crippen LogP contribution in [0.2, 0.25) is 0 Å². The van der Waals surface area contributed by atoms with Crippen LogP contribution in [0.15, 0.2) is 50.3 Å². The van der Waals surface area contributed by atoms with Gasteiger partial charge in [-0.15, -0.1) is 0 Å². The van der Waals surface area contributed by atoms with E-state index in [4.69, 9.17) is 9.52 Å². The molecule has 24 heavy (non-hydrogen) atoms. The largest absolute Gasteiger partial charge is 0.481 e. The van der Waals surface area contributed by atoms with Gasteiger partial charge in [0.1, 0.15) is 17.9 Å². The Bertz CT molecular complexity index is 1090. The minimum absolute atomic E-state index is 0.159. The summed E-state index contributed by atoms with van der Waals surface area (Å²) in [5, 5.41) is 18.8. The number of hydrogen-bond acceptors (Lipinski definition) is 5. The molecular formula is C17H12N2O4S. The molecule has 4 aromatic rings. The predicted molar refractivity (Wildman–Crippen MR) is 90.5 cm³/mol. The lowest BCUT2D eigenvalue weighted by molar-refractivity contribution is -0.136. The summed E-state index contributed by atoms with van der Waals surface area (Å²) >= 11 is 1.36. The second-order valence-electron chi connectivity index (χ2n) is 5.43. The molecule has 6 nitrogen and oxygen atoms in total. The van der Waals surface area contributed by atoms with E-state index in [0.717, 1.165) is 11.0 Å². The van der Waals surface area contributed by atoms with Gasteiger partial charge in [-0.3, -0.25) is 9.59 Å². The molecule has 0 atom stereocenters. The van der Waals surface area contributed by atoms with Gasteiger partial charge in [0, 0.05) is 21.5 Å². The maximum absolute atomic E-state index is 12.6. The van der Waals surface area contributed by atoms with Crippen LogP contribution in [0.5, 0.6) is 0 Å². The number of nitrogens with zero attached hydrogens (tertiary/aromatic N) is 2. The number of benzene rings is 1. The molecule has 3 aromatic heterocycles. The Morgan fingerprint density at radius 3 is 2.83 bits per heavy atom. The van der Waals surface area contributed by atoms with Crippen molar-refractivity contribution < 1.29 is 14.3 Å². The first-order chi connectivity index (χ1) is 11.6. The SMILES string of the molecule is O=C(O)Cc1nn(Cc2cc3ccccc3o2)c(=O)c2cscc12. The number of fused-ring (bicyclic) bond motifs is 2. The van der Waals surface area contributed by atoms with Crippen molar-refractivity contribution in [2.75, 3.05) is 0 Å². The zero-order valence-corrected chi connectivity index (χ0v) is 13.2. The van der Waals surface area contributed by atoms with Crippen molar-refractivity contribution >= 4 is 39.0 Å². The van der Waals surface area contributed by atoms with Gasteiger partial charge in [0.25, 0.3) is 5.56 Å². The summed E-state index contributed by atoms with van der Waals surface area (Å²) in [7, 11) is 0. The van der Waals surface area contributed by atoms with Crippen molar-refractivity contribution in [2.24, 2.45) is 0 Å². The summed E-state index contributed by atoms with van der Waals surface area (Å²) in [4.78, 5) is 23.6. The Morgan fingerprint density at radius 1 is 1.25 bits per heavy atom. The summed E-state index contributed by atoms with van der Waals surface area (Å²) in [5.41, 5.74) is 0.873. The molecule has 0 fully saturated rings. The molecule has 0 saturated carbocycles. The lowest BCUT2D eigenvalue weighted by Crippen LogP contribution is -2.25. The second-order valence-corrected chi connectivity index (χ2v) is 6.17. The Kier molecular flexibility index (Phi) is 3.42. The minimum Gasteiger partial charge on any atom is -0.481 e. The summed E-state index contributed by atoms with van der Waals surface area (Å²) in [6.45, 7) is 0.159. The molecule has 4 rings (SSSR count). The number of aromatic nitrogens is 2. The van der Waals surface area contributed by atoms with Gasteiger partial charge in [0.05, 0.1) is 17.5 Å². The molecule has 0 amide bonds. The third kappa shape index (κ3) is 2.48. The zero-order valence-electron chi connectivity index (χ0n) is 12.4. The molecular weight excluding hydrogens is 328 g/mol. The molecule has 0 aliphatic rings. The highest BCUT2D eigenvalue weighted by atomic mass is 32.1. The van der Waals surface area contributed by atoms with Gasteiger partial charge < -0.3 is 9.52 Å². The van der Waals surface area contributed by atoms with Crippen LogP contribution in [-0.4, -0.2) is 20.9 Å². The highest BCUT2D eigenvalue weighted by molar-refractivity contribution is 7.09. The first-order valence-electron chi connectivity index (χ1n) is 7.27. The first kappa shape index (κ1) is 14.6. The number of aliphatic carboxylic acids is 1. The second kappa shape index (κ2) is 5.61. The molecule has 120 valence electrons. The lowest BCUT2D eigenvalue weighted by Gasteiger charge is -2.06. The number of thiophene rings is 1. The third-order valence-corrected chi connectivity index (χ3v) is 4.52. The maximum atomic E-state index is 12.6. The molecule has 0 unspecified atom stereocenters. The Balaban J connectivity index is 1.82. The van der Waals surface area contributed by atoms with E-state index in [9.17, 15) is 9.59 Å². The monoisotopic (exact) mass is 340 g/mol. The number of carbonyl (C=O) groups is 1. The van der Waals surface area contributed by atoms with Crippen LogP contribution in [0.1, 0.15) is 11.5 Å². The Morgan fingerprint density at radius 2 is 2.04 bits per heavy atom. The van der Waals surface area contributed by atoms with E-state index < -0.39 is 5.97 Å². The quantitative estimate of drug-likeness (QED) is 0.617. The van der Waals surface area contributed by atoms with E-state index in [0.29, 0.717) is 22.2 Å². The summed E-state index contributed by atoms with van der Waals surface area (Å²) in [6, 6.07) is 9.43. The number of rotatable bonds is 4. The van der Waals surface area contributed by atoms with E-state index in [2.05, 4.69) is 5.10 Å². The molecule has 1 N–H and O–H groups in total. The molecule has 0 radical (unpaired) electrons. The predicted octanol–water partition coefficient (Wildman–Crippen LogP) is 2.88. The van der Waals surface area contributed by atoms with Crippen molar-refractivity contribution in [3.05, 3.63) is 62.9 Å². The van der Waals surface area contributed by atoms with E-state index in [1.54, 1.807) is 10.8 Å². The fourth-order valence-electron chi connectivity index (χ4n) is 2.71. The first-order valence-corrected chi connectivity index (χ1v) is 8.21. The van der Waals surface area contributed by atoms with E-state index in [-0.39, 0.29) is 18.5 Å². The highest BCUT2D eigenvalue weighted by Gasteiger charge is 2.15. The smallest absolute Gasteiger partial charge is 0.309 e. The highest BCUT2D eigenvalue weighted by Crippen LogP contribution is 2.21. The average Bonchev–Trinajstić information content (AvgIpc) is 3.17. The molecule has 0 aliphatic carbocycles. The fraction of sp³-hybridized carbons (Fsp3) is 0.118. The average molecular weight is 340 g/mol. The molecule has 0 saturated heterocycles. The van der Waals surface area contributed by atoms with Gasteiger partial charge in [-0.2, -0.15) is 16.4 Å². The van der Waals surface area contributed by atoms with Crippen LogP contribution in [0.3, 0.4) is 0 Å². The van der Waals surface area contributed by atoms with Crippen LogP contribution in [0.25, 0.3) is 21.7 Å². The van der Waals surface area contributed by atoms with Crippen molar-refractivity contribution in [1.29, 1.82) is 0 Å². The summed E-state index contributed by atoms with van der Waals surface area (Å²) in [5.74, 6) is -0.384. The fourth-order valence-corrected chi connectivity index (χ4v) is 3.54. The molecule has 3 heterocycles. The van der Waals surface area contributed by atoms with Crippen LogP contribution in [0.4, 0.5) is 0 Å². The van der Waals surface area contributed by atoms with E-state index >= 15 is 0 Å². The summed E-state index contributed by atoms with van der Waals surface area (Å²) < 4.78 is 7.00. The van der Waals surface area contributed by atoms with Crippen molar-refractivity contribution in [2.45, 2.75) is 13.0 Å². The number of para-hydroxylation sites is 1. The van der Waals surface area contributed by atoms with Gasteiger partial charge in [-0.05, 0) is 12.1 Å². The number of furan rings is 1. The van der Waals surface area contributed by atoms with Crippen LogP contribution < -0.4 is 5.56 Å². The van der Waals surface area contributed by atoms with Crippen molar-refractivity contribution in [3.63, 3.8) is 0 Å². The molecule has 0 spiro atoms. The van der Waals surface area contributed by atoms with Crippen LogP contribution in [0, 0.1) is 0 Å². The number of carboxylic acid groups (broad SMARTS) is 1. The van der Waals surface area contributed by atoms with Crippen molar-refractivity contribution in [1.82, 2.24) is 9.78 Å². The molecule has 7 heteroatoms. The molecule has 0 aliphatic heterocycles. The van der Waals surface area contributed by atoms with Crippen LogP contribution in [-0.2, 0) is 17.8 Å². The van der Waals surface area contributed by atoms with Crippen LogP contribution >= 0.6 is 11.3 Å². The van der Waals surface area contributed by atoms with E-state index in [1.807, 2.05) is 30.3 Å². The normalized spacial score (nSPS) is 11.3. The molecule has 0 bridgehead atoms. The van der Waals surface area contributed by atoms with E-state index in [1.165, 1.54) is 16.0 Å². The summed E-state index contributed by atoms with van der Waals surface area (Å²) in [6.07, 6.45) is -0.229. The van der Waals surface area contributed by atoms with Gasteiger partial charge in [0.2, 0.25) is 0 Å². The van der Waals surface area contributed by atoms with Gasteiger partial charge in [-0.1, -0.05) is 18.2 Å². The number of carboxylic acids is 1. The minimum atomic E-state index is -0.982. The lowest BCUT2D eigenvalue weighted by atomic mass is 10.2. The Hall–Kier alpha value is -2.93. The molecule has 1 aromatic carbocycles. The topological polar surface area (TPSA) is 85.3 Å². The zero-order chi connectivity index (χ0) is 16.7.